The third-order valence-corrected chi connectivity index (χ3v) is 3.61. The van der Waals surface area contributed by atoms with E-state index in [0.29, 0.717) is 18.9 Å². The van der Waals surface area contributed by atoms with Gasteiger partial charge in [-0.15, -0.1) is 0 Å². The van der Waals surface area contributed by atoms with Crippen LogP contribution in [-0.2, 0) is 17.9 Å². The molecule has 0 amide bonds. The van der Waals surface area contributed by atoms with Crippen molar-refractivity contribution in [3.8, 4) is 5.75 Å². The van der Waals surface area contributed by atoms with E-state index in [0.717, 1.165) is 21.3 Å². The zero-order valence-electron chi connectivity index (χ0n) is 10.7. The zero-order chi connectivity index (χ0) is 13.7. The van der Waals surface area contributed by atoms with Crippen LogP contribution in [0.15, 0.2) is 46.9 Å². The second-order valence-corrected chi connectivity index (χ2v) is 5.04. The number of nitrogens with one attached hydrogen (secondary N) is 1. The molecule has 0 spiro atoms. The smallest absolute Gasteiger partial charge is 0.120 e. The first kappa shape index (κ1) is 13.9. The molecular weight excluding hydrogens is 306 g/mol. The molecule has 0 aliphatic carbocycles. The fraction of sp³-hybridized carbons (Fsp3) is 0.200. The number of phenols is 1. The summed E-state index contributed by atoms with van der Waals surface area (Å²) in [6, 6.07) is 13.3. The van der Waals surface area contributed by atoms with Crippen LogP contribution in [-0.4, -0.2) is 12.2 Å². The van der Waals surface area contributed by atoms with Crippen LogP contribution in [0.1, 0.15) is 11.1 Å². The van der Waals surface area contributed by atoms with Crippen molar-refractivity contribution in [3.05, 3.63) is 58.1 Å². The molecule has 0 unspecified atom stereocenters. The van der Waals surface area contributed by atoms with Crippen molar-refractivity contribution < 1.29 is 9.84 Å². The van der Waals surface area contributed by atoms with Crippen LogP contribution in [0.3, 0.4) is 0 Å². The Kier molecular flexibility index (Phi) is 4.82. The van der Waals surface area contributed by atoms with Crippen LogP contribution in [0, 0.1) is 0 Å². The molecule has 0 bridgehead atoms. The fourth-order valence-corrected chi connectivity index (χ4v) is 2.35. The highest BCUT2D eigenvalue weighted by Crippen LogP contribution is 2.26. The highest BCUT2D eigenvalue weighted by atomic mass is 79.9. The second kappa shape index (κ2) is 6.59. The quantitative estimate of drug-likeness (QED) is 0.877. The van der Waals surface area contributed by atoms with Crippen LogP contribution in [0.4, 0.5) is 5.69 Å². The van der Waals surface area contributed by atoms with Gasteiger partial charge < -0.3 is 15.2 Å². The molecule has 0 saturated carbocycles. The molecule has 0 aromatic heterocycles. The summed E-state index contributed by atoms with van der Waals surface area (Å²) in [6.45, 7) is 1.10. The summed E-state index contributed by atoms with van der Waals surface area (Å²) in [7, 11) is 1.67. The number of hydrogen-bond donors (Lipinski definition) is 2. The van der Waals surface area contributed by atoms with Crippen LogP contribution < -0.4 is 5.32 Å². The maximum absolute atomic E-state index is 9.74. The number of ether oxygens (including phenoxy) is 1. The molecule has 2 rings (SSSR count). The maximum Gasteiger partial charge on any atom is 0.120 e. The summed E-state index contributed by atoms with van der Waals surface area (Å²) < 4.78 is 6.22. The average molecular weight is 322 g/mol. The lowest BCUT2D eigenvalue weighted by Crippen LogP contribution is -2.04. The predicted octanol–water partition coefficient (Wildman–Crippen LogP) is 3.91. The van der Waals surface area contributed by atoms with Crippen molar-refractivity contribution in [2.24, 2.45) is 0 Å². The van der Waals surface area contributed by atoms with Gasteiger partial charge in [-0.05, 0) is 18.2 Å². The largest absolute Gasteiger partial charge is 0.508 e. The van der Waals surface area contributed by atoms with Gasteiger partial charge in [0, 0.05) is 34.9 Å². The molecule has 3 nitrogen and oxygen atoms in total. The third kappa shape index (κ3) is 3.49. The van der Waals surface area contributed by atoms with Gasteiger partial charge in [-0.3, -0.25) is 0 Å². The number of rotatable bonds is 5. The Bertz CT molecular complexity index is 558. The first-order chi connectivity index (χ1) is 9.22. The molecule has 4 heteroatoms. The number of aromatic hydroxyl groups is 1. The highest BCUT2D eigenvalue weighted by Gasteiger charge is 2.07. The van der Waals surface area contributed by atoms with Gasteiger partial charge >= 0.3 is 0 Å². The van der Waals surface area contributed by atoms with Gasteiger partial charge in [0.2, 0.25) is 0 Å². The zero-order valence-corrected chi connectivity index (χ0v) is 12.3. The minimum Gasteiger partial charge on any atom is -0.508 e. The Morgan fingerprint density at radius 1 is 1.16 bits per heavy atom. The number of anilines is 1. The van der Waals surface area contributed by atoms with Crippen LogP contribution >= 0.6 is 15.9 Å². The van der Waals surface area contributed by atoms with Gasteiger partial charge in [-0.25, -0.2) is 0 Å². The van der Waals surface area contributed by atoms with Crippen molar-refractivity contribution in [1.29, 1.82) is 0 Å². The van der Waals surface area contributed by atoms with E-state index >= 15 is 0 Å². The van der Waals surface area contributed by atoms with Gasteiger partial charge in [-0.1, -0.05) is 40.2 Å². The summed E-state index contributed by atoms with van der Waals surface area (Å²) >= 11 is 3.52. The van der Waals surface area contributed by atoms with Crippen LogP contribution in [0.2, 0.25) is 0 Å². The minimum absolute atomic E-state index is 0.304. The molecule has 0 aliphatic rings. The Labute approximate surface area is 121 Å². The standard InChI is InChI=1S/C15H16BrNO2/c1-19-10-12-13(16)6-4-7-14(12)17-9-11-5-2-3-8-15(11)18/h2-8,17-18H,9-10H2,1H3. The van der Waals surface area contributed by atoms with Crippen molar-refractivity contribution in [3.63, 3.8) is 0 Å². The number of para-hydroxylation sites is 1. The summed E-state index contributed by atoms with van der Waals surface area (Å²) in [4.78, 5) is 0. The van der Waals surface area contributed by atoms with E-state index < -0.39 is 0 Å². The van der Waals surface area contributed by atoms with Crippen molar-refractivity contribution >= 4 is 21.6 Å². The van der Waals surface area contributed by atoms with E-state index in [1.165, 1.54) is 0 Å². The average Bonchev–Trinajstić information content (AvgIpc) is 2.41. The van der Waals surface area contributed by atoms with Crippen LogP contribution in [0.5, 0.6) is 5.75 Å². The maximum atomic E-state index is 9.74. The van der Waals surface area contributed by atoms with Crippen molar-refractivity contribution in [2.75, 3.05) is 12.4 Å². The van der Waals surface area contributed by atoms with Gasteiger partial charge in [0.1, 0.15) is 5.75 Å². The Hall–Kier alpha value is -1.52. The minimum atomic E-state index is 0.304. The Morgan fingerprint density at radius 3 is 2.68 bits per heavy atom. The number of methoxy groups -OCH3 is 1. The van der Waals surface area contributed by atoms with Gasteiger partial charge in [0.15, 0.2) is 0 Å². The molecule has 0 aliphatic heterocycles. The monoisotopic (exact) mass is 321 g/mol. The highest BCUT2D eigenvalue weighted by molar-refractivity contribution is 9.10. The predicted molar refractivity (Wildman–Crippen MR) is 80.3 cm³/mol. The Balaban J connectivity index is 2.16. The van der Waals surface area contributed by atoms with Crippen LogP contribution in [0.25, 0.3) is 0 Å². The molecule has 100 valence electrons. The molecule has 2 aromatic carbocycles. The molecular formula is C15H16BrNO2. The summed E-state index contributed by atoms with van der Waals surface area (Å²) in [5, 5.41) is 13.1. The van der Waals surface area contributed by atoms with E-state index in [-0.39, 0.29) is 0 Å². The summed E-state index contributed by atoms with van der Waals surface area (Å²) in [6.07, 6.45) is 0. The normalized spacial score (nSPS) is 10.4. The molecule has 0 saturated heterocycles. The molecule has 0 heterocycles. The summed E-state index contributed by atoms with van der Waals surface area (Å²) in [5.41, 5.74) is 2.94. The van der Waals surface area contributed by atoms with Crippen molar-refractivity contribution in [1.82, 2.24) is 0 Å². The van der Waals surface area contributed by atoms with E-state index in [1.54, 1.807) is 13.2 Å². The number of halogens is 1. The topological polar surface area (TPSA) is 41.5 Å². The number of phenolic OH excluding ortho intramolecular Hbond substituents is 1. The molecule has 0 atom stereocenters. The number of hydrogen-bond acceptors (Lipinski definition) is 3. The third-order valence-electron chi connectivity index (χ3n) is 2.87. The molecule has 0 radical (unpaired) electrons. The lowest BCUT2D eigenvalue weighted by Gasteiger charge is -2.13. The molecule has 2 aromatic rings. The van der Waals surface area contributed by atoms with Gasteiger partial charge in [0.25, 0.3) is 0 Å². The van der Waals surface area contributed by atoms with E-state index in [9.17, 15) is 5.11 Å². The fourth-order valence-electron chi connectivity index (χ4n) is 1.87. The molecule has 19 heavy (non-hydrogen) atoms. The first-order valence-electron chi connectivity index (χ1n) is 5.99. The van der Waals surface area contributed by atoms with Gasteiger partial charge in [0.05, 0.1) is 6.61 Å². The van der Waals surface area contributed by atoms with E-state index in [1.807, 2.05) is 36.4 Å². The SMILES string of the molecule is COCc1c(Br)cccc1NCc1ccccc1O. The van der Waals surface area contributed by atoms with E-state index in [2.05, 4.69) is 21.2 Å². The van der Waals surface area contributed by atoms with E-state index in [4.69, 9.17) is 4.74 Å². The lowest BCUT2D eigenvalue weighted by atomic mass is 10.1. The first-order valence-corrected chi connectivity index (χ1v) is 6.78. The van der Waals surface area contributed by atoms with Crippen molar-refractivity contribution in [2.45, 2.75) is 13.2 Å². The Morgan fingerprint density at radius 2 is 1.95 bits per heavy atom. The second-order valence-electron chi connectivity index (χ2n) is 4.18. The molecule has 0 fully saturated rings. The molecule has 2 N–H and O–H groups in total. The lowest BCUT2D eigenvalue weighted by molar-refractivity contribution is 0.185. The van der Waals surface area contributed by atoms with Gasteiger partial charge in [-0.2, -0.15) is 0 Å². The number of benzene rings is 2. The summed E-state index contributed by atoms with van der Waals surface area (Å²) in [5.74, 6) is 0.304.